The Morgan fingerprint density at radius 1 is 1.47 bits per heavy atom. The van der Waals surface area contributed by atoms with Crippen molar-refractivity contribution in [3.63, 3.8) is 0 Å². The molecule has 0 unspecified atom stereocenters. The van der Waals surface area contributed by atoms with Crippen molar-refractivity contribution in [2.45, 2.75) is 0 Å². The molecule has 0 saturated carbocycles. The molecule has 0 atom stereocenters. The average Bonchev–Trinajstić information content (AvgIpc) is 2.67. The first-order valence-corrected chi connectivity index (χ1v) is 5.10. The van der Waals surface area contributed by atoms with Crippen LogP contribution in [0.2, 0.25) is 0 Å². The number of para-hydroxylation sites is 1. The van der Waals surface area contributed by atoms with Crippen molar-refractivity contribution in [2.75, 3.05) is 20.3 Å². The third kappa shape index (κ3) is 2.21. The lowest BCUT2D eigenvalue weighted by Gasteiger charge is -2.00. The molecule has 0 spiro atoms. The quantitative estimate of drug-likeness (QED) is 0.355. The minimum Gasteiger partial charge on any atom is -0.623 e. The number of aliphatic hydroxyl groups excluding tert-OH is 1. The van der Waals surface area contributed by atoms with Crippen molar-refractivity contribution in [3.8, 4) is 5.75 Å². The van der Waals surface area contributed by atoms with Gasteiger partial charge in [0.15, 0.2) is 0 Å². The Bertz CT molecular complexity index is 478. The van der Waals surface area contributed by atoms with Gasteiger partial charge in [-0.15, -0.1) is 0 Å². The molecule has 1 aliphatic heterocycles. The Morgan fingerprint density at radius 3 is 2.94 bits per heavy atom. The fraction of sp³-hybridized carbons (Fsp3) is 0.273. The second-order valence-electron chi connectivity index (χ2n) is 3.40. The summed E-state index contributed by atoms with van der Waals surface area (Å²) in [5, 5.41) is 23.7. The van der Waals surface area contributed by atoms with Crippen LogP contribution in [0.1, 0.15) is 5.56 Å². The van der Waals surface area contributed by atoms with Gasteiger partial charge in [-0.1, -0.05) is 12.1 Å². The lowest BCUT2D eigenvalue weighted by Crippen LogP contribution is -2.22. The molecule has 2 rings (SSSR count). The number of ether oxygens (including phenoxy) is 1. The molecule has 0 saturated heterocycles. The highest BCUT2D eigenvalue weighted by Crippen LogP contribution is 2.26. The highest BCUT2D eigenvalue weighted by molar-refractivity contribution is 6.46. The second kappa shape index (κ2) is 4.84. The van der Waals surface area contributed by atoms with Gasteiger partial charge in [0.05, 0.1) is 12.2 Å². The Hall–Kier alpha value is -2.08. The minimum absolute atomic E-state index is 0.0546. The van der Waals surface area contributed by atoms with Gasteiger partial charge < -0.3 is 19.9 Å². The van der Waals surface area contributed by atoms with Gasteiger partial charge in [0, 0.05) is 0 Å². The van der Waals surface area contributed by atoms with E-state index in [9.17, 15) is 5.21 Å². The summed E-state index contributed by atoms with van der Waals surface area (Å²) in [5.74, 6) is 0.675. The fourth-order valence-electron chi connectivity index (χ4n) is 1.53. The summed E-state index contributed by atoms with van der Waals surface area (Å²) in [4.78, 5) is 4.80. The number of hydrogen-bond donors (Lipinski definition) is 1. The molecule has 1 aliphatic rings. The summed E-state index contributed by atoms with van der Waals surface area (Å²) < 4.78 is 6.07. The topological polar surface area (TPSA) is 77.1 Å². The molecule has 1 N–H and O–H groups in total. The molecule has 0 aliphatic carbocycles. The Morgan fingerprint density at radius 2 is 2.24 bits per heavy atom. The smallest absolute Gasteiger partial charge is 0.330 e. The lowest BCUT2D eigenvalue weighted by atomic mass is 10.1. The summed E-state index contributed by atoms with van der Waals surface area (Å²) in [6, 6.07) is 7.13. The van der Waals surface area contributed by atoms with Gasteiger partial charge in [-0.25, -0.2) is 4.74 Å². The fourth-order valence-corrected chi connectivity index (χ4v) is 1.53. The number of nitrogens with zero attached hydrogens (tertiary/aromatic N) is 2. The molecule has 1 aromatic carbocycles. The van der Waals surface area contributed by atoms with Gasteiger partial charge in [-0.05, 0) is 17.3 Å². The predicted molar refractivity (Wildman–Crippen MR) is 61.2 cm³/mol. The van der Waals surface area contributed by atoms with Crippen LogP contribution in [0.25, 0.3) is 0 Å². The van der Waals surface area contributed by atoms with Crippen molar-refractivity contribution >= 4 is 11.6 Å². The van der Waals surface area contributed by atoms with E-state index in [1.807, 2.05) is 6.07 Å². The molecule has 0 aromatic heterocycles. The molecule has 90 valence electrons. The van der Waals surface area contributed by atoms with Crippen LogP contribution in [0.3, 0.4) is 0 Å². The van der Waals surface area contributed by atoms with E-state index in [4.69, 9.17) is 14.7 Å². The van der Waals surface area contributed by atoms with E-state index in [0.29, 0.717) is 21.8 Å². The van der Waals surface area contributed by atoms with Crippen molar-refractivity contribution < 1.29 is 19.4 Å². The van der Waals surface area contributed by atoms with Crippen LogP contribution in [-0.2, 0) is 4.84 Å². The third-order valence-corrected chi connectivity index (χ3v) is 2.20. The molecule has 0 fully saturated rings. The van der Waals surface area contributed by atoms with Gasteiger partial charge in [0.1, 0.15) is 19.4 Å². The van der Waals surface area contributed by atoms with E-state index in [-0.39, 0.29) is 19.1 Å². The molecular formula is C11H12N2O4. The Kier molecular flexibility index (Phi) is 3.24. The number of rotatable bonds is 3. The highest BCUT2D eigenvalue weighted by Gasteiger charge is 2.33. The zero-order chi connectivity index (χ0) is 12.3. The number of hydrogen-bond acceptors (Lipinski definition) is 5. The molecule has 17 heavy (non-hydrogen) atoms. The second-order valence-corrected chi connectivity index (χ2v) is 3.40. The van der Waals surface area contributed by atoms with Gasteiger partial charge in [0.2, 0.25) is 0 Å². The van der Waals surface area contributed by atoms with Crippen molar-refractivity contribution in [1.29, 1.82) is 0 Å². The number of benzene rings is 1. The van der Waals surface area contributed by atoms with Crippen LogP contribution < -0.4 is 4.74 Å². The highest BCUT2D eigenvalue weighted by atomic mass is 16.7. The van der Waals surface area contributed by atoms with Gasteiger partial charge in [-0.2, -0.15) is 0 Å². The van der Waals surface area contributed by atoms with Gasteiger partial charge >= 0.3 is 5.90 Å². The van der Waals surface area contributed by atoms with Gasteiger partial charge in [-0.3, -0.25) is 0 Å². The zero-order valence-corrected chi connectivity index (χ0v) is 9.29. The van der Waals surface area contributed by atoms with E-state index in [0.717, 1.165) is 0 Å². The van der Waals surface area contributed by atoms with Crippen LogP contribution in [0.15, 0.2) is 29.4 Å². The van der Waals surface area contributed by atoms with E-state index >= 15 is 0 Å². The van der Waals surface area contributed by atoms with Gasteiger partial charge in [0.25, 0.3) is 5.71 Å². The molecule has 0 radical (unpaired) electrons. The average molecular weight is 236 g/mol. The predicted octanol–water partition coefficient (Wildman–Crippen LogP) is 0.331. The van der Waals surface area contributed by atoms with Crippen LogP contribution in [0, 0.1) is 5.21 Å². The third-order valence-electron chi connectivity index (χ3n) is 2.20. The van der Waals surface area contributed by atoms with Crippen molar-refractivity contribution in [1.82, 2.24) is 0 Å². The van der Waals surface area contributed by atoms with E-state index in [2.05, 4.69) is 5.16 Å². The molecule has 1 heterocycles. The van der Waals surface area contributed by atoms with E-state index < -0.39 is 0 Å². The van der Waals surface area contributed by atoms with Crippen LogP contribution in [-0.4, -0.2) is 41.7 Å². The Labute approximate surface area is 98.0 Å². The first-order valence-electron chi connectivity index (χ1n) is 5.10. The SMILES string of the molecule is C[N+]([O-])=C1C(=NOCCO)Oc2ccccc21. The van der Waals surface area contributed by atoms with Crippen LogP contribution in [0.4, 0.5) is 0 Å². The maximum Gasteiger partial charge on any atom is 0.330 e. The molecule has 1 aromatic rings. The largest absolute Gasteiger partial charge is 0.623 e. The summed E-state index contributed by atoms with van der Waals surface area (Å²) >= 11 is 0. The molecular weight excluding hydrogens is 224 g/mol. The molecule has 6 nitrogen and oxygen atoms in total. The number of oxime groups is 1. The summed E-state index contributed by atoms with van der Waals surface area (Å²) in [7, 11) is 1.36. The minimum atomic E-state index is -0.147. The Balaban J connectivity index is 2.35. The van der Waals surface area contributed by atoms with E-state index in [1.54, 1.807) is 18.2 Å². The summed E-state index contributed by atoms with van der Waals surface area (Å²) in [6.45, 7) is -0.0919. The summed E-state index contributed by atoms with van der Waals surface area (Å²) in [6.07, 6.45) is 0. The summed E-state index contributed by atoms with van der Waals surface area (Å²) in [5.41, 5.74) is 0.995. The van der Waals surface area contributed by atoms with Crippen molar-refractivity contribution in [3.05, 3.63) is 35.0 Å². The van der Waals surface area contributed by atoms with Crippen LogP contribution in [0.5, 0.6) is 5.75 Å². The maximum atomic E-state index is 11.5. The molecule has 0 amide bonds. The maximum absolute atomic E-state index is 11.5. The van der Waals surface area contributed by atoms with Crippen LogP contribution >= 0.6 is 0 Å². The van der Waals surface area contributed by atoms with Crippen molar-refractivity contribution in [2.24, 2.45) is 5.16 Å². The number of fused-ring (bicyclic) bond motifs is 1. The normalized spacial score (nSPS) is 18.8. The first kappa shape index (κ1) is 11.4. The zero-order valence-electron chi connectivity index (χ0n) is 9.29. The standard InChI is InChI=1S/C11H12N2O4/c1-13(15)10-8-4-2-3-5-9(8)17-11(10)12-16-7-6-14/h2-5,14H,6-7H2,1H3. The molecule has 6 heteroatoms. The lowest BCUT2D eigenvalue weighted by molar-refractivity contribution is -0.420. The number of hydroxylamine groups is 1. The monoisotopic (exact) mass is 236 g/mol. The van der Waals surface area contributed by atoms with E-state index in [1.165, 1.54) is 7.05 Å². The first-order chi connectivity index (χ1) is 8.24. The number of aliphatic hydroxyl groups is 1. The molecule has 0 bridgehead atoms.